The van der Waals surface area contributed by atoms with Crippen molar-refractivity contribution in [3.05, 3.63) is 48.6 Å². The van der Waals surface area contributed by atoms with E-state index in [1.165, 1.54) is 238 Å². The molecule has 0 fully saturated rings. The zero-order valence-electron chi connectivity index (χ0n) is 55.2. The molecular formula is C72H137N2O7P. The number of phosphoric ester groups is 1. The van der Waals surface area contributed by atoms with E-state index in [1.807, 2.05) is 33.3 Å². The second-order valence-corrected chi connectivity index (χ2v) is 26.8. The summed E-state index contributed by atoms with van der Waals surface area (Å²) < 4.78 is 30.4. The van der Waals surface area contributed by atoms with E-state index >= 15 is 0 Å². The second kappa shape index (κ2) is 62.0. The van der Waals surface area contributed by atoms with Gasteiger partial charge in [-0.3, -0.25) is 14.2 Å². The Morgan fingerprint density at radius 2 is 0.744 bits per heavy atom. The van der Waals surface area contributed by atoms with E-state index in [-0.39, 0.29) is 31.5 Å². The Balaban J connectivity index is 5.04. The first-order chi connectivity index (χ1) is 39.9. The third kappa shape index (κ3) is 62.5. The van der Waals surface area contributed by atoms with Crippen LogP contribution in [0.25, 0.3) is 0 Å². The van der Waals surface area contributed by atoms with Crippen LogP contribution in [0.4, 0.5) is 0 Å². The van der Waals surface area contributed by atoms with Crippen molar-refractivity contribution < 1.29 is 37.3 Å². The molecule has 0 spiro atoms. The van der Waals surface area contributed by atoms with E-state index in [0.717, 1.165) is 77.0 Å². The number of phosphoric acid groups is 1. The van der Waals surface area contributed by atoms with E-state index < -0.39 is 20.0 Å². The molecule has 0 saturated carbocycles. The first-order valence-electron chi connectivity index (χ1n) is 35.4. The lowest BCUT2D eigenvalue weighted by Gasteiger charge is -2.30. The number of ether oxygens (including phenoxy) is 1. The maximum Gasteiger partial charge on any atom is 0.306 e. The number of nitrogens with one attached hydrogen (secondary N) is 1. The summed E-state index contributed by atoms with van der Waals surface area (Å²) in [5, 5.41) is 3.04. The lowest BCUT2D eigenvalue weighted by atomic mass is 10.0. The minimum absolute atomic E-state index is 0.0219. The molecule has 0 aromatic heterocycles. The highest BCUT2D eigenvalue weighted by molar-refractivity contribution is 7.45. The summed E-state index contributed by atoms with van der Waals surface area (Å²) in [7, 11) is 1.19. The van der Waals surface area contributed by atoms with Gasteiger partial charge in [0.15, 0.2) is 0 Å². The minimum Gasteiger partial charge on any atom is -0.756 e. The topological polar surface area (TPSA) is 114 Å². The number of unbranched alkanes of at least 4 members (excludes halogenated alkanes) is 43. The molecule has 0 aliphatic heterocycles. The molecule has 9 nitrogen and oxygen atoms in total. The van der Waals surface area contributed by atoms with Gasteiger partial charge < -0.3 is 28.5 Å². The van der Waals surface area contributed by atoms with Crippen molar-refractivity contribution in [1.29, 1.82) is 0 Å². The van der Waals surface area contributed by atoms with Crippen molar-refractivity contribution in [2.75, 3.05) is 40.9 Å². The zero-order valence-corrected chi connectivity index (χ0v) is 56.1. The Morgan fingerprint density at radius 3 is 1.13 bits per heavy atom. The quantitative estimate of drug-likeness (QED) is 0.0212. The van der Waals surface area contributed by atoms with Crippen LogP contribution in [0.5, 0.6) is 0 Å². The first-order valence-corrected chi connectivity index (χ1v) is 36.9. The number of amides is 1. The van der Waals surface area contributed by atoms with Gasteiger partial charge in [-0.25, -0.2) is 0 Å². The van der Waals surface area contributed by atoms with Crippen molar-refractivity contribution >= 4 is 19.7 Å². The number of carbonyl (C=O) groups is 2. The van der Waals surface area contributed by atoms with Gasteiger partial charge >= 0.3 is 5.97 Å². The molecule has 10 heteroatoms. The summed E-state index contributed by atoms with van der Waals surface area (Å²) in [6.07, 6.45) is 78.0. The van der Waals surface area contributed by atoms with Gasteiger partial charge in [-0.15, -0.1) is 0 Å². The first kappa shape index (κ1) is 80.0. The van der Waals surface area contributed by atoms with Crippen LogP contribution >= 0.6 is 7.82 Å². The molecule has 1 N–H and O–H groups in total. The van der Waals surface area contributed by atoms with Gasteiger partial charge in [-0.2, -0.15) is 0 Å². The molecule has 3 atom stereocenters. The van der Waals surface area contributed by atoms with Crippen molar-refractivity contribution in [3.63, 3.8) is 0 Å². The van der Waals surface area contributed by atoms with Crippen LogP contribution in [0.15, 0.2) is 48.6 Å². The van der Waals surface area contributed by atoms with Gasteiger partial charge in [0, 0.05) is 12.8 Å². The van der Waals surface area contributed by atoms with Crippen LogP contribution in [0.3, 0.4) is 0 Å². The largest absolute Gasteiger partial charge is 0.756 e. The van der Waals surface area contributed by atoms with Gasteiger partial charge in [-0.1, -0.05) is 294 Å². The fourth-order valence-electron chi connectivity index (χ4n) is 10.5. The maximum absolute atomic E-state index is 13.6. The average molecular weight is 1170 g/mol. The van der Waals surface area contributed by atoms with Crippen LogP contribution in [0, 0.1) is 0 Å². The standard InChI is InChI=1S/C72H137N2O7P/c1-7-10-13-16-19-22-25-28-30-32-34-35-36-37-38-39-41-43-45-47-50-53-56-59-62-65-72(76)81-70(63-60-57-54-51-48-27-24-21-18-15-12-9-3)69(68-80-82(77,78)79-67-66-74(4,5)6)73-71(75)64-61-58-55-52-49-46-44-42-40-33-31-29-26-23-20-17-14-11-8-2/h20,23,28-31,60,63,69-70H,7-19,21-22,24-27,32-59,61-62,64-68H2,1-6H3,(H-,73,75,77,78)/b23-20-,30-28+,31-29-,63-60-. The van der Waals surface area contributed by atoms with E-state index in [9.17, 15) is 19.0 Å². The molecule has 0 aliphatic carbocycles. The molecule has 82 heavy (non-hydrogen) atoms. The van der Waals surface area contributed by atoms with Gasteiger partial charge in [0.1, 0.15) is 19.3 Å². The lowest BCUT2D eigenvalue weighted by molar-refractivity contribution is -0.870. The van der Waals surface area contributed by atoms with Gasteiger partial charge in [0.05, 0.1) is 33.8 Å². The number of esters is 1. The third-order valence-electron chi connectivity index (χ3n) is 16.0. The highest BCUT2D eigenvalue weighted by Gasteiger charge is 2.27. The molecule has 0 heterocycles. The molecule has 0 aromatic carbocycles. The van der Waals surface area contributed by atoms with E-state index in [4.69, 9.17) is 13.8 Å². The Kier molecular flexibility index (Phi) is 60.5. The van der Waals surface area contributed by atoms with Crippen LogP contribution in [-0.4, -0.2) is 69.4 Å². The molecular weight excluding hydrogens is 1040 g/mol. The Labute approximate surface area is 509 Å². The number of carbonyl (C=O) groups excluding carboxylic acids is 2. The minimum atomic E-state index is -4.70. The van der Waals surface area contributed by atoms with Crippen LogP contribution in [-0.2, 0) is 27.9 Å². The number of rotatable bonds is 65. The average Bonchev–Trinajstić information content (AvgIpc) is 3.47. The number of hydrogen-bond donors (Lipinski definition) is 1. The van der Waals surface area contributed by atoms with E-state index in [2.05, 4.69) is 62.5 Å². The number of nitrogens with zero attached hydrogens (tertiary/aromatic N) is 1. The predicted molar refractivity (Wildman–Crippen MR) is 353 cm³/mol. The van der Waals surface area contributed by atoms with Crippen molar-refractivity contribution in [1.82, 2.24) is 5.32 Å². The van der Waals surface area contributed by atoms with Gasteiger partial charge in [-0.05, 0) is 89.5 Å². The Bertz CT molecular complexity index is 1540. The van der Waals surface area contributed by atoms with Crippen LogP contribution < -0.4 is 10.2 Å². The molecule has 3 unspecified atom stereocenters. The molecule has 0 aromatic rings. The highest BCUT2D eigenvalue weighted by atomic mass is 31.2. The molecule has 0 bridgehead atoms. The monoisotopic (exact) mass is 1170 g/mol. The predicted octanol–water partition coefficient (Wildman–Crippen LogP) is 21.8. The van der Waals surface area contributed by atoms with Crippen LogP contribution in [0.1, 0.15) is 348 Å². The zero-order chi connectivity index (χ0) is 60.0. The summed E-state index contributed by atoms with van der Waals surface area (Å²) in [5.41, 5.74) is 0. The Morgan fingerprint density at radius 1 is 0.427 bits per heavy atom. The number of allylic oxidation sites excluding steroid dienone is 7. The van der Waals surface area contributed by atoms with Crippen molar-refractivity contribution in [2.24, 2.45) is 0 Å². The summed E-state index contributed by atoms with van der Waals surface area (Å²) in [5.74, 6) is -0.531. The Hall–Kier alpha value is -2.03. The third-order valence-corrected chi connectivity index (χ3v) is 16.9. The molecule has 0 radical (unpaired) electrons. The second-order valence-electron chi connectivity index (χ2n) is 25.4. The summed E-state index contributed by atoms with van der Waals surface area (Å²) in [4.78, 5) is 40.2. The highest BCUT2D eigenvalue weighted by Crippen LogP contribution is 2.38. The fourth-order valence-corrected chi connectivity index (χ4v) is 11.2. The summed E-state index contributed by atoms with van der Waals surface area (Å²) in [6.45, 7) is 6.86. The molecule has 0 rings (SSSR count). The SMILES string of the molecule is CCCCC/C=C\C/C=C\CCCCCCCCCCCC(=O)NC(COP(=O)([O-])OCC[N+](C)(C)C)C(/C=C\CCCCCCCCCCCC)OC(=O)CCCCCCCCCCCCCCCCC/C=C/CCCCCCCC. The molecule has 0 aliphatic rings. The number of hydrogen-bond acceptors (Lipinski definition) is 7. The van der Waals surface area contributed by atoms with Crippen molar-refractivity contribution in [2.45, 2.75) is 360 Å². The summed E-state index contributed by atoms with van der Waals surface area (Å²) >= 11 is 0. The lowest BCUT2D eigenvalue weighted by Crippen LogP contribution is -2.47. The normalized spacial score (nSPS) is 13.8. The smallest absolute Gasteiger partial charge is 0.306 e. The molecule has 0 saturated heterocycles. The van der Waals surface area contributed by atoms with Gasteiger partial charge in [0.2, 0.25) is 5.91 Å². The summed E-state index contributed by atoms with van der Waals surface area (Å²) in [6, 6.07) is -0.890. The van der Waals surface area contributed by atoms with E-state index in [1.54, 1.807) is 0 Å². The van der Waals surface area contributed by atoms with Crippen LogP contribution in [0.2, 0.25) is 0 Å². The van der Waals surface area contributed by atoms with E-state index in [0.29, 0.717) is 17.4 Å². The molecule has 1 amide bonds. The maximum atomic E-state index is 13.6. The van der Waals surface area contributed by atoms with Gasteiger partial charge in [0.25, 0.3) is 7.82 Å². The number of quaternary nitrogens is 1. The number of likely N-dealkylation sites (N-methyl/N-ethyl adjacent to an activating group) is 1. The fraction of sp³-hybridized carbons (Fsp3) is 0.861. The molecule has 482 valence electrons. The van der Waals surface area contributed by atoms with Crippen molar-refractivity contribution in [3.8, 4) is 0 Å².